The lowest BCUT2D eigenvalue weighted by atomic mass is 9.80. The average molecular weight is 274 g/mol. The quantitative estimate of drug-likeness (QED) is 0.583. The van der Waals surface area contributed by atoms with E-state index in [9.17, 15) is 4.79 Å². The second-order valence-corrected chi connectivity index (χ2v) is 6.36. The Kier molecular flexibility index (Phi) is 7.70. The number of carbonyl (C=O) groups is 1. The monoisotopic (exact) mass is 274 g/mol. The van der Waals surface area contributed by atoms with Gasteiger partial charge in [-0.15, -0.1) is 0 Å². The summed E-state index contributed by atoms with van der Waals surface area (Å²) in [5, 5.41) is 11.6. The van der Waals surface area contributed by atoms with E-state index in [1.807, 2.05) is 0 Å². The summed E-state index contributed by atoms with van der Waals surface area (Å²) in [5.74, 6) is 1.94. The van der Waals surface area contributed by atoms with Crippen LogP contribution < -0.4 is 11.1 Å². The van der Waals surface area contributed by atoms with Crippen LogP contribution in [0.25, 0.3) is 0 Å². The Balaban J connectivity index is 2.06. The summed E-state index contributed by atoms with van der Waals surface area (Å²) in [6.07, 6.45) is 6.81. The molecule has 1 saturated carbocycles. The SMILES string of the molecule is NC1(CC(=O)NCCSCCCO)CCCCC1. The third-order valence-electron chi connectivity index (χ3n) is 3.38. The van der Waals surface area contributed by atoms with Crippen LogP contribution in [0.3, 0.4) is 0 Å². The molecular formula is C13H26N2O2S. The molecule has 1 fully saturated rings. The van der Waals surface area contributed by atoms with Crippen molar-refractivity contribution in [1.29, 1.82) is 0 Å². The lowest BCUT2D eigenvalue weighted by molar-refractivity contribution is -0.122. The molecule has 0 aromatic heterocycles. The van der Waals surface area contributed by atoms with Gasteiger partial charge in [0.25, 0.3) is 0 Å². The first-order chi connectivity index (χ1) is 8.66. The van der Waals surface area contributed by atoms with Crippen LogP contribution in [0.5, 0.6) is 0 Å². The zero-order valence-corrected chi connectivity index (χ0v) is 11.9. The maximum atomic E-state index is 11.8. The van der Waals surface area contributed by atoms with Crippen LogP contribution in [0.4, 0.5) is 0 Å². The van der Waals surface area contributed by atoms with Gasteiger partial charge in [-0.3, -0.25) is 4.79 Å². The molecule has 4 N–H and O–H groups in total. The fraction of sp³-hybridized carbons (Fsp3) is 0.923. The van der Waals surface area contributed by atoms with E-state index in [-0.39, 0.29) is 18.1 Å². The van der Waals surface area contributed by atoms with E-state index in [1.54, 1.807) is 11.8 Å². The molecule has 1 amide bonds. The van der Waals surface area contributed by atoms with Gasteiger partial charge in [0.2, 0.25) is 5.91 Å². The number of carbonyl (C=O) groups excluding carboxylic acids is 1. The fourth-order valence-corrected chi connectivity index (χ4v) is 3.13. The van der Waals surface area contributed by atoms with Crippen molar-refractivity contribution >= 4 is 17.7 Å². The summed E-state index contributed by atoms with van der Waals surface area (Å²) in [6.45, 7) is 0.945. The molecule has 0 saturated heterocycles. The van der Waals surface area contributed by atoms with Gasteiger partial charge >= 0.3 is 0 Å². The highest BCUT2D eigenvalue weighted by atomic mass is 32.2. The number of hydrogen-bond acceptors (Lipinski definition) is 4. The van der Waals surface area contributed by atoms with Crippen molar-refractivity contribution in [2.45, 2.75) is 50.5 Å². The Labute approximate surface area is 114 Å². The van der Waals surface area contributed by atoms with Crippen molar-refractivity contribution in [2.75, 3.05) is 24.7 Å². The van der Waals surface area contributed by atoms with Crippen molar-refractivity contribution in [1.82, 2.24) is 5.32 Å². The third kappa shape index (κ3) is 6.61. The zero-order chi connectivity index (χ0) is 13.3. The van der Waals surface area contributed by atoms with Gasteiger partial charge in [0.05, 0.1) is 0 Å². The van der Waals surface area contributed by atoms with Gasteiger partial charge in [0, 0.05) is 30.9 Å². The van der Waals surface area contributed by atoms with Gasteiger partial charge < -0.3 is 16.2 Å². The van der Waals surface area contributed by atoms with Gasteiger partial charge in [-0.05, 0) is 25.0 Å². The van der Waals surface area contributed by atoms with E-state index in [4.69, 9.17) is 10.8 Å². The maximum absolute atomic E-state index is 11.8. The van der Waals surface area contributed by atoms with Gasteiger partial charge in [0.1, 0.15) is 0 Å². The van der Waals surface area contributed by atoms with E-state index in [0.29, 0.717) is 13.0 Å². The first-order valence-corrected chi connectivity index (χ1v) is 8.06. The molecule has 4 nitrogen and oxygen atoms in total. The second kappa shape index (κ2) is 8.77. The topological polar surface area (TPSA) is 75.4 Å². The standard InChI is InChI=1S/C13H26N2O2S/c14-13(5-2-1-3-6-13)11-12(17)15-7-10-18-9-4-8-16/h16H,1-11,14H2,(H,15,17). The largest absolute Gasteiger partial charge is 0.396 e. The molecule has 0 radical (unpaired) electrons. The first-order valence-electron chi connectivity index (χ1n) is 6.90. The third-order valence-corrected chi connectivity index (χ3v) is 4.45. The van der Waals surface area contributed by atoms with Crippen LogP contribution in [-0.4, -0.2) is 41.2 Å². The summed E-state index contributed by atoms with van der Waals surface area (Å²) in [7, 11) is 0. The second-order valence-electron chi connectivity index (χ2n) is 5.14. The number of nitrogens with one attached hydrogen (secondary N) is 1. The minimum Gasteiger partial charge on any atom is -0.396 e. The number of aliphatic hydroxyl groups excluding tert-OH is 1. The fourth-order valence-electron chi connectivity index (χ4n) is 2.35. The minimum atomic E-state index is -0.258. The number of rotatable bonds is 8. The molecule has 1 aliphatic rings. The van der Waals surface area contributed by atoms with Crippen molar-refractivity contribution in [3.63, 3.8) is 0 Å². The van der Waals surface area contributed by atoms with Crippen LogP contribution in [0.1, 0.15) is 44.9 Å². The van der Waals surface area contributed by atoms with Crippen LogP contribution in [0.2, 0.25) is 0 Å². The Morgan fingerprint density at radius 1 is 1.28 bits per heavy atom. The van der Waals surface area contributed by atoms with Crippen LogP contribution in [0, 0.1) is 0 Å². The Bertz CT molecular complexity index is 243. The lowest BCUT2D eigenvalue weighted by Gasteiger charge is -2.32. The highest BCUT2D eigenvalue weighted by molar-refractivity contribution is 7.99. The molecule has 0 aromatic carbocycles. The van der Waals surface area contributed by atoms with E-state index < -0.39 is 0 Å². The van der Waals surface area contributed by atoms with Gasteiger partial charge in [-0.2, -0.15) is 11.8 Å². The summed E-state index contributed by atoms with van der Waals surface area (Å²) in [6, 6.07) is 0. The number of hydrogen-bond donors (Lipinski definition) is 3. The predicted molar refractivity (Wildman–Crippen MR) is 76.7 cm³/mol. The van der Waals surface area contributed by atoms with Gasteiger partial charge in [-0.25, -0.2) is 0 Å². The van der Waals surface area contributed by atoms with E-state index >= 15 is 0 Å². The first kappa shape index (κ1) is 15.8. The molecule has 18 heavy (non-hydrogen) atoms. The molecule has 0 aromatic rings. The normalized spacial score (nSPS) is 18.6. The molecule has 0 heterocycles. The van der Waals surface area contributed by atoms with Crippen LogP contribution in [0.15, 0.2) is 0 Å². The summed E-state index contributed by atoms with van der Waals surface area (Å²) in [5.41, 5.74) is 5.98. The molecule has 1 rings (SSSR count). The highest BCUT2D eigenvalue weighted by Crippen LogP contribution is 2.28. The molecule has 0 unspecified atom stereocenters. The van der Waals surface area contributed by atoms with Crippen molar-refractivity contribution in [3.8, 4) is 0 Å². The smallest absolute Gasteiger partial charge is 0.221 e. The average Bonchev–Trinajstić information content (AvgIpc) is 2.34. The molecular weight excluding hydrogens is 248 g/mol. The van der Waals surface area contributed by atoms with Crippen LogP contribution in [-0.2, 0) is 4.79 Å². The molecule has 0 aliphatic heterocycles. The molecule has 1 aliphatic carbocycles. The van der Waals surface area contributed by atoms with E-state index in [0.717, 1.165) is 43.6 Å². The lowest BCUT2D eigenvalue weighted by Crippen LogP contribution is -2.46. The molecule has 5 heteroatoms. The maximum Gasteiger partial charge on any atom is 0.221 e. The summed E-state index contributed by atoms with van der Waals surface area (Å²) < 4.78 is 0. The van der Waals surface area contributed by atoms with E-state index in [1.165, 1.54) is 6.42 Å². The van der Waals surface area contributed by atoms with Crippen molar-refractivity contribution in [2.24, 2.45) is 5.73 Å². The Morgan fingerprint density at radius 3 is 2.67 bits per heavy atom. The Morgan fingerprint density at radius 2 is 2.00 bits per heavy atom. The van der Waals surface area contributed by atoms with Crippen molar-refractivity contribution in [3.05, 3.63) is 0 Å². The van der Waals surface area contributed by atoms with Gasteiger partial charge in [0.15, 0.2) is 0 Å². The highest BCUT2D eigenvalue weighted by Gasteiger charge is 2.29. The molecule has 0 atom stereocenters. The molecule has 0 bridgehead atoms. The predicted octanol–water partition coefficient (Wildman–Crippen LogP) is 1.27. The summed E-state index contributed by atoms with van der Waals surface area (Å²) >= 11 is 1.76. The van der Waals surface area contributed by atoms with E-state index in [2.05, 4.69) is 5.32 Å². The molecule has 106 valence electrons. The number of thioether (sulfide) groups is 1. The van der Waals surface area contributed by atoms with Gasteiger partial charge in [-0.1, -0.05) is 19.3 Å². The molecule has 0 spiro atoms. The minimum absolute atomic E-state index is 0.0853. The van der Waals surface area contributed by atoms with Crippen LogP contribution >= 0.6 is 11.8 Å². The number of aliphatic hydroxyl groups is 1. The number of nitrogens with two attached hydrogens (primary N) is 1. The Hall–Kier alpha value is -0.260. The zero-order valence-electron chi connectivity index (χ0n) is 11.1. The summed E-state index contributed by atoms with van der Waals surface area (Å²) in [4.78, 5) is 11.8. The van der Waals surface area contributed by atoms with Crippen molar-refractivity contribution < 1.29 is 9.90 Å². The number of amides is 1.